The molecule has 1 aromatic heterocycles. The van der Waals surface area contributed by atoms with Crippen LogP contribution in [0.25, 0.3) is 0 Å². The number of anilines is 1. The van der Waals surface area contributed by atoms with E-state index < -0.39 is 0 Å². The lowest BCUT2D eigenvalue weighted by Crippen LogP contribution is -2.43. The largest absolute Gasteiger partial charge is 0.397 e. The topological polar surface area (TPSA) is 71.2 Å². The smallest absolute Gasteiger partial charge is 0.270 e. The summed E-state index contributed by atoms with van der Waals surface area (Å²) >= 11 is 0. The summed E-state index contributed by atoms with van der Waals surface area (Å²) in [4.78, 5) is 18.4. The second-order valence-corrected chi connectivity index (χ2v) is 5.21. The Morgan fingerprint density at radius 1 is 1.42 bits per heavy atom. The molecule has 5 heteroatoms. The van der Waals surface area contributed by atoms with Crippen LogP contribution in [0, 0.1) is 0 Å². The van der Waals surface area contributed by atoms with Crippen LogP contribution in [0.15, 0.2) is 18.3 Å². The van der Waals surface area contributed by atoms with E-state index in [2.05, 4.69) is 15.2 Å². The first-order valence-corrected chi connectivity index (χ1v) is 6.90. The summed E-state index contributed by atoms with van der Waals surface area (Å²) in [7, 11) is 0. The molecule has 1 aliphatic rings. The van der Waals surface area contributed by atoms with Crippen molar-refractivity contribution in [2.24, 2.45) is 0 Å². The molecule has 1 unspecified atom stereocenters. The summed E-state index contributed by atoms with van der Waals surface area (Å²) in [6, 6.07) is 3.47. The lowest BCUT2D eigenvalue weighted by Gasteiger charge is -2.29. The molecule has 0 bridgehead atoms. The van der Waals surface area contributed by atoms with Crippen molar-refractivity contribution in [2.75, 3.05) is 25.4 Å². The van der Waals surface area contributed by atoms with Gasteiger partial charge in [-0.2, -0.15) is 0 Å². The zero-order valence-corrected chi connectivity index (χ0v) is 11.4. The van der Waals surface area contributed by atoms with Crippen LogP contribution < -0.4 is 11.1 Å². The van der Waals surface area contributed by atoms with Crippen LogP contribution in [0.4, 0.5) is 5.69 Å². The Bertz CT molecular complexity index is 412. The molecule has 3 N–H and O–H groups in total. The molecule has 0 radical (unpaired) electrons. The van der Waals surface area contributed by atoms with Gasteiger partial charge < -0.3 is 16.0 Å². The highest BCUT2D eigenvalue weighted by Gasteiger charge is 2.16. The number of piperidine rings is 1. The predicted octanol–water partition coefficient (Wildman–Crippen LogP) is 1.27. The summed E-state index contributed by atoms with van der Waals surface area (Å²) in [5.41, 5.74) is 6.53. The summed E-state index contributed by atoms with van der Waals surface area (Å²) in [6.45, 7) is 5.21. The monoisotopic (exact) mass is 262 g/mol. The number of hydrogen-bond donors (Lipinski definition) is 2. The third-order valence-electron chi connectivity index (χ3n) is 3.38. The molecule has 1 aromatic rings. The van der Waals surface area contributed by atoms with E-state index in [0.29, 0.717) is 11.4 Å². The van der Waals surface area contributed by atoms with Gasteiger partial charge >= 0.3 is 0 Å². The molecule has 1 amide bonds. The van der Waals surface area contributed by atoms with Crippen molar-refractivity contribution in [1.82, 2.24) is 15.2 Å². The van der Waals surface area contributed by atoms with Gasteiger partial charge in [0.05, 0.1) is 11.9 Å². The van der Waals surface area contributed by atoms with Crippen molar-refractivity contribution in [1.29, 1.82) is 0 Å². The van der Waals surface area contributed by atoms with Crippen LogP contribution >= 0.6 is 0 Å². The van der Waals surface area contributed by atoms with Crippen molar-refractivity contribution in [3.8, 4) is 0 Å². The average Bonchev–Trinajstić information content (AvgIpc) is 2.40. The minimum Gasteiger partial charge on any atom is -0.397 e. The maximum atomic E-state index is 12.0. The van der Waals surface area contributed by atoms with Gasteiger partial charge in [-0.15, -0.1) is 0 Å². The van der Waals surface area contributed by atoms with E-state index in [1.54, 1.807) is 12.1 Å². The van der Waals surface area contributed by atoms with Gasteiger partial charge in [0.15, 0.2) is 0 Å². The number of carbonyl (C=O) groups excluding carboxylic acids is 1. The molecule has 2 heterocycles. The molecule has 1 saturated heterocycles. The highest BCUT2D eigenvalue weighted by Crippen LogP contribution is 2.09. The summed E-state index contributed by atoms with van der Waals surface area (Å²) < 4.78 is 0. The SMILES string of the molecule is CC(CN1CCCCC1)NC(=O)c1ccc(N)cn1. The molecule has 5 nitrogen and oxygen atoms in total. The van der Waals surface area contributed by atoms with Crippen LogP contribution in [0.5, 0.6) is 0 Å². The third kappa shape index (κ3) is 4.21. The fourth-order valence-electron chi connectivity index (χ4n) is 2.41. The summed E-state index contributed by atoms with van der Waals surface area (Å²) in [5.74, 6) is -0.135. The lowest BCUT2D eigenvalue weighted by atomic mass is 10.1. The van der Waals surface area contributed by atoms with E-state index >= 15 is 0 Å². The van der Waals surface area contributed by atoms with Crippen LogP contribution in [0.2, 0.25) is 0 Å². The van der Waals surface area contributed by atoms with Crippen LogP contribution in [0.3, 0.4) is 0 Å². The Balaban J connectivity index is 1.82. The van der Waals surface area contributed by atoms with Crippen molar-refractivity contribution >= 4 is 11.6 Å². The Kier molecular flexibility index (Phi) is 4.74. The number of rotatable bonds is 4. The quantitative estimate of drug-likeness (QED) is 0.857. The molecular weight excluding hydrogens is 240 g/mol. The maximum Gasteiger partial charge on any atom is 0.270 e. The zero-order chi connectivity index (χ0) is 13.7. The lowest BCUT2D eigenvalue weighted by molar-refractivity contribution is 0.0920. The van der Waals surface area contributed by atoms with Gasteiger partial charge in [-0.05, 0) is 45.0 Å². The number of amides is 1. The van der Waals surface area contributed by atoms with Gasteiger partial charge in [-0.3, -0.25) is 4.79 Å². The van der Waals surface area contributed by atoms with Crippen LogP contribution in [-0.2, 0) is 0 Å². The molecule has 0 spiro atoms. The number of nitrogens with one attached hydrogen (secondary N) is 1. The number of nitrogens with two attached hydrogens (primary N) is 1. The molecule has 19 heavy (non-hydrogen) atoms. The molecule has 0 saturated carbocycles. The van der Waals surface area contributed by atoms with E-state index in [4.69, 9.17) is 5.73 Å². The van der Waals surface area contributed by atoms with E-state index in [-0.39, 0.29) is 11.9 Å². The fourth-order valence-corrected chi connectivity index (χ4v) is 2.41. The molecule has 1 fully saturated rings. The second kappa shape index (κ2) is 6.52. The maximum absolute atomic E-state index is 12.0. The number of carbonyl (C=O) groups is 1. The normalized spacial score (nSPS) is 17.9. The first-order valence-electron chi connectivity index (χ1n) is 6.90. The zero-order valence-electron chi connectivity index (χ0n) is 11.4. The highest BCUT2D eigenvalue weighted by atomic mass is 16.1. The number of hydrogen-bond acceptors (Lipinski definition) is 4. The second-order valence-electron chi connectivity index (χ2n) is 5.21. The number of nitrogen functional groups attached to an aromatic ring is 1. The Hall–Kier alpha value is -1.62. The standard InChI is InChI=1S/C14H22N4O/c1-11(10-18-7-3-2-4-8-18)17-14(19)13-6-5-12(15)9-16-13/h5-6,9,11H,2-4,7-8,10,15H2,1H3,(H,17,19). The molecule has 1 aliphatic heterocycles. The van der Waals surface area contributed by atoms with Gasteiger partial charge in [0.25, 0.3) is 5.91 Å². The van der Waals surface area contributed by atoms with Gasteiger partial charge in [0, 0.05) is 12.6 Å². The van der Waals surface area contributed by atoms with Crippen molar-refractivity contribution in [2.45, 2.75) is 32.2 Å². The number of likely N-dealkylation sites (tertiary alicyclic amines) is 1. The minimum atomic E-state index is -0.135. The van der Waals surface area contributed by atoms with Crippen molar-refractivity contribution < 1.29 is 4.79 Å². The van der Waals surface area contributed by atoms with E-state index in [1.165, 1.54) is 25.5 Å². The third-order valence-corrected chi connectivity index (χ3v) is 3.38. The Morgan fingerprint density at radius 3 is 2.79 bits per heavy atom. The molecular formula is C14H22N4O. The number of nitrogens with zero attached hydrogens (tertiary/aromatic N) is 2. The van der Waals surface area contributed by atoms with Crippen molar-refractivity contribution in [3.63, 3.8) is 0 Å². The first-order chi connectivity index (χ1) is 9.15. The number of pyridine rings is 1. The van der Waals surface area contributed by atoms with Gasteiger partial charge in [-0.25, -0.2) is 4.98 Å². The predicted molar refractivity (Wildman–Crippen MR) is 75.9 cm³/mol. The number of aromatic nitrogens is 1. The molecule has 2 rings (SSSR count). The van der Waals surface area contributed by atoms with Gasteiger partial charge in [0.1, 0.15) is 5.69 Å². The average molecular weight is 262 g/mol. The molecule has 0 aromatic carbocycles. The van der Waals surface area contributed by atoms with E-state index in [9.17, 15) is 4.79 Å². The minimum absolute atomic E-state index is 0.130. The van der Waals surface area contributed by atoms with Crippen molar-refractivity contribution in [3.05, 3.63) is 24.0 Å². The highest BCUT2D eigenvalue weighted by molar-refractivity contribution is 5.92. The Labute approximate surface area is 114 Å². The fraction of sp³-hybridized carbons (Fsp3) is 0.571. The molecule has 104 valence electrons. The summed E-state index contributed by atoms with van der Waals surface area (Å²) in [6.07, 6.45) is 5.36. The van der Waals surface area contributed by atoms with Gasteiger partial charge in [-0.1, -0.05) is 6.42 Å². The Morgan fingerprint density at radius 2 is 2.16 bits per heavy atom. The van der Waals surface area contributed by atoms with Gasteiger partial charge in [0.2, 0.25) is 0 Å². The molecule has 0 aliphatic carbocycles. The van der Waals surface area contributed by atoms with Crippen LogP contribution in [-0.4, -0.2) is 41.5 Å². The van der Waals surface area contributed by atoms with Crippen LogP contribution in [0.1, 0.15) is 36.7 Å². The van der Waals surface area contributed by atoms with E-state index in [1.807, 2.05) is 6.92 Å². The molecule has 1 atom stereocenters. The first kappa shape index (κ1) is 13.8. The van der Waals surface area contributed by atoms with E-state index in [0.717, 1.165) is 19.6 Å². The summed E-state index contributed by atoms with van der Waals surface area (Å²) in [5, 5.41) is 2.98.